The van der Waals surface area contributed by atoms with E-state index in [4.69, 9.17) is 14.6 Å². The van der Waals surface area contributed by atoms with Crippen LogP contribution in [0.25, 0.3) is 11.0 Å². The number of imidazole rings is 1. The standard InChI is InChI=1S/C21H21N3O5/c1-28-21(27)15-6-7-18-17(8-15)23-19-12-29-11-16(24(18)19)10-22-9-13-2-4-14(5-3-13)20(25)26/h2-8,16,22H,9-12H2,1H3,(H,25,26). The van der Waals surface area contributed by atoms with E-state index in [1.54, 1.807) is 36.4 Å². The predicted octanol–water partition coefficient (Wildman–Crippen LogP) is 2.38. The Morgan fingerprint density at radius 2 is 2.00 bits per heavy atom. The number of carboxylic acids is 1. The Kier molecular flexibility index (Phi) is 5.28. The van der Waals surface area contributed by atoms with Crippen molar-refractivity contribution in [3.05, 3.63) is 65.0 Å². The number of benzene rings is 2. The monoisotopic (exact) mass is 395 g/mol. The third-order valence-electron chi connectivity index (χ3n) is 5.00. The number of aromatic nitrogens is 2. The van der Waals surface area contributed by atoms with Gasteiger partial charge < -0.3 is 24.5 Å². The topological polar surface area (TPSA) is 103 Å². The number of carbonyl (C=O) groups excluding carboxylic acids is 1. The Morgan fingerprint density at radius 1 is 1.24 bits per heavy atom. The lowest BCUT2D eigenvalue weighted by Gasteiger charge is -2.26. The first-order valence-electron chi connectivity index (χ1n) is 9.26. The lowest BCUT2D eigenvalue weighted by molar-refractivity contribution is 0.0564. The summed E-state index contributed by atoms with van der Waals surface area (Å²) >= 11 is 0. The average Bonchev–Trinajstić information content (AvgIpc) is 3.12. The highest BCUT2D eigenvalue weighted by molar-refractivity contribution is 5.93. The molecule has 1 atom stereocenters. The Balaban J connectivity index is 1.49. The fourth-order valence-corrected chi connectivity index (χ4v) is 3.56. The Bertz CT molecular complexity index is 1060. The number of nitrogens with one attached hydrogen (secondary N) is 1. The van der Waals surface area contributed by atoms with Gasteiger partial charge in [0.25, 0.3) is 0 Å². The molecule has 8 heteroatoms. The summed E-state index contributed by atoms with van der Waals surface area (Å²) in [4.78, 5) is 27.3. The number of ether oxygens (including phenoxy) is 2. The highest BCUT2D eigenvalue weighted by atomic mass is 16.5. The second kappa shape index (κ2) is 8.02. The summed E-state index contributed by atoms with van der Waals surface area (Å²) in [6.45, 7) is 2.26. The van der Waals surface area contributed by atoms with Crippen molar-refractivity contribution < 1.29 is 24.2 Å². The maximum absolute atomic E-state index is 11.8. The van der Waals surface area contributed by atoms with Gasteiger partial charge in [-0.05, 0) is 35.9 Å². The molecular weight excluding hydrogens is 374 g/mol. The zero-order chi connectivity index (χ0) is 20.4. The van der Waals surface area contributed by atoms with Crippen molar-refractivity contribution in [1.82, 2.24) is 14.9 Å². The molecule has 1 aromatic heterocycles. The predicted molar refractivity (Wildman–Crippen MR) is 105 cm³/mol. The van der Waals surface area contributed by atoms with E-state index in [2.05, 4.69) is 14.9 Å². The number of hydrogen-bond donors (Lipinski definition) is 2. The van der Waals surface area contributed by atoms with Gasteiger partial charge in [-0.1, -0.05) is 12.1 Å². The van der Waals surface area contributed by atoms with Crippen LogP contribution in [-0.2, 0) is 22.6 Å². The molecule has 0 saturated heterocycles. The highest BCUT2D eigenvalue weighted by Crippen LogP contribution is 2.26. The van der Waals surface area contributed by atoms with Crippen LogP contribution in [0.2, 0.25) is 0 Å². The summed E-state index contributed by atoms with van der Waals surface area (Å²) in [6.07, 6.45) is 0. The fraction of sp³-hybridized carbons (Fsp3) is 0.286. The molecule has 0 bridgehead atoms. The molecular formula is C21H21N3O5. The van der Waals surface area contributed by atoms with Crippen LogP contribution in [-0.4, -0.2) is 46.9 Å². The molecule has 1 unspecified atom stereocenters. The molecule has 4 rings (SSSR count). The second-order valence-electron chi connectivity index (χ2n) is 6.90. The van der Waals surface area contributed by atoms with Gasteiger partial charge in [0.15, 0.2) is 0 Å². The SMILES string of the molecule is COC(=O)c1ccc2c(c1)nc1n2C(CNCc2ccc(C(=O)O)cc2)COC1. The number of fused-ring (bicyclic) bond motifs is 3. The van der Waals surface area contributed by atoms with Gasteiger partial charge in [0.1, 0.15) is 12.4 Å². The van der Waals surface area contributed by atoms with Crippen LogP contribution in [0.15, 0.2) is 42.5 Å². The van der Waals surface area contributed by atoms with E-state index in [-0.39, 0.29) is 17.6 Å². The summed E-state index contributed by atoms with van der Waals surface area (Å²) in [5.74, 6) is -0.495. The Hall–Kier alpha value is -3.23. The molecule has 0 spiro atoms. The smallest absolute Gasteiger partial charge is 0.337 e. The summed E-state index contributed by atoms with van der Waals surface area (Å²) < 4.78 is 12.6. The first kappa shape index (κ1) is 19.1. The number of rotatable bonds is 6. The van der Waals surface area contributed by atoms with Gasteiger partial charge in [-0.25, -0.2) is 14.6 Å². The van der Waals surface area contributed by atoms with E-state index in [1.165, 1.54) is 7.11 Å². The average molecular weight is 395 g/mol. The summed E-state index contributed by atoms with van der Waals surface area (Å²) in [7, 11) is 1.36. The zero-order valence-corrected chi connectivity index (χ0v) is 15.9. The molecule has 0 saturated carbocycles. The van der Waals surface area contributed by atoms with Gasteiger partial charge >= 0.3 is 11.9 Å². The van der Waals surface area contributed by atoms with Crippen molar-refractivity contribution in [2.45, 2.75) is 19.2 Å². The van der Waals surface area contributed by atoms with Crippen LogP contribution in [0.1, 0.15) is 38.1 Å². The maximum Gasteiger partial charge on any atom is 0.337 e. The van der Waals surface area contributed by atoms with Gasteiger partial charge in [0, 0.05) is 13.1 Å². The van der Waals surface area contributed by atoms with Crippen LogP contribution in [0.5, 0.6) is 0 Å². The Labute approximate surface area is 167 Å². The molecule has 8 nitrogen and oxygen atoms in total. The molecule has 0 radical (unpaired) electrons. The molecule has 2 aromatic carbocycles. The number of nitrogens with zero attached hydrogens (tertiary/aromatic N) is 2. The van der Waals surface area contributed by atoms with Gasteiger partial charge in [-0.3, -0.25) is 0 Å². The lowest BCUT2D eigenvalue weighted by Crippen LogP contribution is -2.32. The minimum Gasteiger partial charge on any atom is -0.478 e. The van der Waals surface area contributed by atoms with E-state index in [0.717, 1.165) is 22.4 Å². The molecule has 1 aliphatic rings. The Morgan fingerprint density at radius 3 is 2.72 bits per heavy atom. The van der Waals surface area contributed by atoms with E-state index in [9.17, 15) is 9.59 Å². The van der Waals surface area contributed by atoms with Gasteiger partial charge in [-0.15, -0.1) is 0 Å². The number of methoxy groups -OCH3 is 1. The van der Waals surface area contributed by atoms with Crippen molar-refractivity contribution in [2.24, 2.45) is 0 Å². The zero-order valence-electron chi connectivity index (χ0n) is 15.9. The number of aromatic carboxylic acids is 1. The molecule has 2 heterocycles. The van der Waals surface area contributed by atoms with E-state index >= 15 is 0 Å². The lowest BCUT2D eigenvalue weighted by atomic mass is 10.1. The molecule has 1 aliphatic heterocycles. The number of carboxylic acid groups (broad SMARTS) is 1. The van der Waals surface area contributed by atoms with Gasteiger partial charge in [0.2, 0.25) is 0 Å². The quantitative estimate of drug-likeness (QED) is 0.618. The van der Waals surface area contributed by atoms with E-state index < -0.39 is 5.97 Å². The van der Waals surface area contributed by atoms with Crippen molar-refractivity contribution >= 4 is 23.0 Å². The van der Waals surface area contributed by atoms with Crippen LogP contribution in [0.3, 0.4) is 0 Å². The van der Waals surface area contributed by atoms with Gasteiger partial charge in [-0.2, -0.15) is 0 Å². The van der Waals surface area contributed by atoms with E-state index in [1.807, 2.05) is 6.07 Å². The van der Waals surface area contributed by atoms with Crippen LogP contribution in [0, 0.1) is 0 Å². The van der Waals surface area contributed by atoms with Crippen molar-refractivity contribution in [2.75, 3.05) is 20.3 Å². The molecule has 29 heavy (non-hydrogen) atoms. The first-order chi connectivity index (χ1) is 14.1. The van der Waals surface area contributed by atoms with Crippen molar-refractivity contribution in [3.63, 3.8) is 0 Å². The van der Waals surface area contributed by atoms with Crippen molar-refractivity contribution in [1.29, 1.82) is 0 Å². The minimum absolute atomic E-state index is 0.0611. The third kappa shape index (κ3) is 3.85. The maximum atomic E-state index is 11.8. The van der Waals surface area contributed by atoms with Crippen LogP contribution < -0.4 is 5.32 Å². The van der Waals surface area contributed by atoms with Crippen LogP contribution >= 0.6 is 0 Å². The highest BCUT2D eigenvalue weighted by Gasteiger charge is 2.24. The molecule has 2 N–H and O–H groups in total. The van der Waals surface area contributed by atoms with E-state index in [0.29, 0.717) is 31.9 Å². The van der Waals surface area contributed by atoms with Crippen LogP contribution in [0.4, 0.5) is 0 Å². The number of hydrogen-bond acceptors (Lipinski definition) is 6. The van der Waals surface area contributed by atoms with Crippen molar-refractivity contribution in [3.8, 4) is 0 Å². The normalized spacial score (nSPS) is 15.8. The summed E-state index contributed by atoms with van der Waals surface area (Å²) in [5.41, 5.74) is 3.44. The largest absolute Gasteiger partial charge is 0.478 e. The molecule has 0 aliphatic carbocycles. The first-order valence-corrected chi connectivity index (χ1v) is 9.26. The summed E-state index contributed by atoms with van der Waals surface area (Å²) in [6, 6.07) is 12.2. The minimum atomic E-state index is -0.932. The molecule has 3 aromatic rings. The third-order valence-corrected chi connectivity index (χ3v) is 5.00. The summed E-state index contributed by atoms with van der Waals surface area (Å²) in [5, 5.41) is 12.4. The molecule has 150 valence electrons. The number of carbonyl (C=O) groups is 2. The number of esters is 1. The van der Waals surface area contributed by atoms with Gasteiger partial charge in [0.05, 0.1) is 41.9 Å². The molecule has 0 fully saturated rings. The fourth-order valence-electron chi connectivity index (χ4n) is 3.56. The second-order valence-corrected chi connectivity index (χ2v) is 6.90. The molecule has 0 amide bonds.